The molecule has 19 heavy (non-hydrogen) atoms. The van der Waals surface area contributed by atoms with E-state index < -0.39 is 17.5 Å². The van der Waals surface area contributed by atoms with Crippen molar-refractivity contribution in [2.75, 3.05) is 5.73 Å². The summed E-state index contributed by atoms with van der Waals surface area (Å²) in [5.41, 5.74) is 6.49. The van der Waals surface area contributed by atoms with Gasteiger partial charge in [-0.1, -0.05) is 0 Å². The van der Waals surface area contributed by atoms with Gasteiger partial charge in [0.2, 0.25) is 5.95 Å². The van der Waals surface area contributed by atoms with Gasteiger partial charge in [0.1, 0.15) is 17.5 Å². The molecule has 0 saturated heterocycles. The van der Waals surface area contributed by atoms with E-state index in [1.165, 1.54) is 28.8 Å². The van der Waals surface area contributed by atoms with Crippen LogP contribution in [0, 0.1) is 17.5 Å². The van der Waals surface area contributed by atoms with E-state index in [0.717, 1.165) is 12.1 Å². The molecular weight excluding hydrogens is 255 g/mol. The molecule has 1 heterocycles. The number of nitrogen functional groups attached to an aromatic ring is 1. The van der Waals surface area contributed by atoms with Gasteiger partial charge in [-0.2, -0.15) is 0 Å². The van der Waals surface area contributed by atoms with Gasteiger partial charge in [0.05, 0.1) is 16.7 Å². The first-order chi connectivity index (χ1) is 9.06. The highest BCUT2D eigenvalue weighted by Gasteiger charge is 2.14. The maximum Gasteiger partial charge on any atom is 0.206 e. The molecule has 3 nitrogen and oxygen atoms in total. The van der Waals surface area contributed by atoms with Crippen molar-refractivity contribution in [1.82, 2.24) is 9.55 Å². The number of benzene rings is 2. The number of nitrogens with zero attached hydrogens (tertiary/aromatic N) is 2. The van der Waals surface area contributed by atoms with Crippen LogP contribution in [0.2, 0.25) is 0 Å². The van der Waals surface area contributed by atoms with Gasteiger partial charge in [0, 0.05) is 12.1 Å². The number of nitrogens with two attached hydrogens (primary N) is 1. The molecule has 0 bridgehead atoms. The third-order valence-electron chi connectivity index (χ3n) is 2.79. The van der Waals surface area contributed by atoms with Gasteiger partial charge in [-0.3, -0.25) is 4.57 Å². The Labute approximate surface area is 106 Å². The van der Waals surface area contributed by atoms with Gasteiger partial charge in [-0.05, 0) is 24.3 Å². The summed E-state index contributed by atoms with van der Waals surface area (Å²) in [7, 11) is 0. The van der Waals surface area contributed by atoms with Gasteiger partial charge in [0.15, 0.2) is 0 Å². The van der Waals surface area contributed by atoms with E-state index in [2.05, 4.69) is 4.98 Å². The topological polar surface area (TPSA) is 43.8 Å². The molecular formula is C13H8F3N3. The number of fused-ring (bicyclic) bond motifs is 1. The quantitative estimate of drug-likeness (QED) is 0.733. The molecule has 0 atom stereocenters. The lowest BCUT2D eigenvalue weighted by Crippen LogP contribution is -2.03. The molecule has 1 aromatic heterocycles. The summed E-state index contributed by atoms with van der Waals surface area (Å²) < 4.78 is 41.2. The Hall–Kier alpha value is -2.50. The van der Waals surface area contributed by atoms with Crippen molar-refractivity contribution in [3.05, 3.63) is 53.8 Å². The number of halogens is 3. The molecule has 0 aliphatic carbocycles. The van der Waals surface area contributed by atoms with E-state index in [0.29, 0.717) is 11.0 Å². The highest BCUT2D eigenvalue weighted by molar-refractivity contribution is 5.80. The van der Waals surface area contributed by atoms with Crippen LogP contribution in [0.1, 0.15) is 0 Å². The highest BCUT2D eigenvalue weighted by atomic mass is 19.1. The predicted octanol–water partition coefficient (Wildman–Crippen LogP) is 3.03. The van der Waals surface area contributed by atoms with Gasteiger partial charge < -0.3 is 5.73 Å². The second-order valence-corrected chi connectivity index (χ2v) is 4.03. The van der Waals surface area contributed by atoms with Crippen LogP contribution in [-0.4, -0.2) is 9.55 Å². The second kappa shape index (κ2) is 4.01. The van der Waals surface area contributed by atoms with Crippen LogP contribution >= 0.6 is 0 Å². The molecule has 0 fully saturated rings. The molecule has 96 valence electrons. The van der Waals surface area contributed by atoms with Gasteiger partial charge in [0.25, 0.3) is 0 Å². The number of rotatable bonds is 1. The van der Waals surface area contributed by atoms with E-state index in [1.807, 2.05) is 0 Å². The molecule has 0 saturated carbocycles. The summed E-state index contributed by atoms with van der Waals surface area (Å²) in [5, 5.41) is 0. The van der Waals surface area contributed by atoms with Crippen molar-refractivity contribution < 1.29 is 13.2 Å². The minimum Gasteiger partial charge on any atom is -0.369 e. The van der Waals surface area contributed by atoms with Crippen molar-refractivity contribution >= 4 is 17.0 Å². The van der Waals surface area contributed by atoms with Crippen molar-refractivity contribution in [2.45, 2.75) is 0 Å². The van der Waals surface area contributed by atoms with Gasteiger partial charge >= 0.3 is 0 Å². The molecule has 0 aliphatic rings. The van der Waals surface area contributed by atoms with Crippen LogP contribution in [0.5, 0.6) is 0 Å². The fourth-order valence-corrected chi connectivity index (χ4v) is 1.98. The average Bonchev–Trinajstić information content (AvgIpc) is 2.65. The molecule has 3 aromatic rings. The lowest BCUT2D eigenvalue weighted by molar-refractivity contribution is 0.578. The lowest BCUT2D eigenvalue weighted by Gasteiger charge is -2.07. The molecule has 0 unspecified atom stereocenters. The van der Waals surface area contributed by atoms with Crippen LogP contribution in [0.25, 0.3) is 16.7 Å². The highest BCUT2D eigenvalue weighted by Crippen LogP contribution is 2.25. The Morgan fingerprint density at radius 1 is 0.947 bits per heavy atom. The molecule has 0 aliphatic heterocycles. The van der Waals surface area contributed by atoms with E-state index in [1.54, 1.807) is 0 Å². The van der Waals surface area contributed by atoms with E-state index >= 15 is 0 Å². The van der Waals surface area contributed by atoms with Crippen molar-refractivity contribution in [3.8, 4) is 5.69 Å². The zero-order valence-corrected chi connectivity index (χ0v) is 9.57. The van der Waals surface area contributed by atoms with Crippen LogP contribution in [0.3, 0.4) is 0 Å². The largest absolute Gasteiger partial charge is 0.369 e. The maximum atomic E-state index is 13.8. The molecule has 3 rings (SSSR count). The normalized spacial score (nSPS) is 11.1. The Bertz CT molecular complexity index is 780. The summed E-state index contributed by atoms with van der Waals surface area (Å²) >= 11 is 0. The summed E-state index contributed by atoms with van der Waals surface area (Å²) in [5.74, 6) is -1.98. The van der Waals surface area contributed by atoms with Crippen LogP contribution in [-0.2, 0) is 0 Å². The molecule has 0 radical (unpaired) electrons. The zero-order chi connectivity index (χ0) is 13.6. The van der Waals surface area contributed by atoms with E-state index in [9.17, 15) is 13.2 Å². The zero-order valence-electron chi connectivity index (χ0n) is 9.57. The molecule has 0 spiro atoms. The van der Waals surface area contributed by atoms with Crippen LogP contribution < -0.4 is 5.73 Å². The first-order valence-corrected chi connectivity index (χ1v) is 5.45. The maximum absolute atomic E-state index is 13.8. The average molecular weight is 263 g/mol. The minimum absolute atomic E-state index is 0.00566. The summed E-state index contributed by atoms with van der Waals surface area (Å²) in [6.07, 6.45) is 0. The van der Waals surface area contributed by atoms with Gasteiger partial charge in [-0.25, -0.2) is 18.2 Å². The molecule has 0 amide bonds. The second-order valence-electron chi connectivity index (χ2n) is 4.03. The fourth-order valence-electron chi connectivity index (χ4n) is 1.98. The Morgan fingerprint density at radius 3 is 2.37 bits per heavy atom. The van der Waals surface area contributed by atoms with E-state index in [-0.39, 0.29) is 11.6 Å². The minimum atomic E-state index is -0.796. The Kier molecular flexibility index (Phi) is 2.45. The number of aromatic nitrogens is 2. The van der Waals surface area contributed by atoms with Gasteiger partial charge in [-0.15, -0.1) is 0 Å². The third-order valence-corrected chi connectivity index (χ3v) is 2.79. The molecule has 2 N–H and O–H groups in total. The SMILES string of the molecule is Nc1nc2ccc(F)cc2n1-c1ccc(F)cc1F. The number of anilines is 1. The molecule has 6 heteroatoms. The van der Waals surface area contributed by atoms with Crippen LogP contribution in [0.4, 0.5) is 19.1 Å². The van der Waals surface area contributed by atoms with Crippen LogP contribution in [0.15, 0.2) is 36.4 Å². The number of hydrogen-bond donors (Lipinski definition) is 1. The van der Waals surface area contributed by atoms with Crippen molar-refractivity contribution in [2.24, 2.45) is 0 Å². The Morgan fingerprint density at radius 2 is 1.63 bits per heavy atom. The summed E-state index contributed by atoms with van der Waals surface area (Å²) in [4.78, 5) is 4.01. The molecule has 2 aromatic carbocycles. The lowest BCUT2D eigenvalue weighted by atomic mass is 10.2. The summed E-state index contributed by atoms with van der Waals surface area (Å²) in [6.45, 7) is 0. The Balaban J connectivity index is 2.35. The van der Waals surface area contributed by atoms with Crippen molar-refractivity contribution in [1.29, 1.82) is 0 Å². The fraction of sp³-hybridized carbons (Fsp3) is 0. The summed E-state index contributed by atoms with van der Waals surface area (Å²) in [6, 6.07) is 6.94. The van der Waals surface area contributed by atoms with E-state index in [4.69, 9.17) is 5.73 Å². The standard InChI is InChI=1S/C13H8F3N3/c14-7-2-4-11(9(16)5-7)19-12-6-8(15)1-3-10(12)18-13(19)17/h1-6H,(H2,17,18). The number of hydrogen-bond acceptors (Lipinski definition) is 2. The van der Waals surface area contributed by atoms with Crippen molar-refractivity contribution in [3.63, 3.8) is 0 Å². The predicted molar refractivity (Wildman–Crippen MR) is 65.4 cm³/mol. The first kappa shape index (κ1) is 11.6. The number of imidazole rings is 1. The smallest absolute Gasteiger partial charge is 0.206 e. The first-order valence-electron chi connectivity index (χ1n) is 5.45. The third kappa shape index (κ3) is 1.81. The monoisotopic (exact) mass is 263 g/mol.